The quantitative estimate of drug-likeness (QED) is 0.0898. The summed E-state index contributed by atoms with van der Waals surface area (Å²) in [6, 6.07) is 43.6. The number of nitrogens with one attached hydrogen (secondary N) is 2. The van der Waals surface area contributed by atoms with Crippen LogP contribution in [-0.2, 0) is 0 Å². The topological polar surface area (TPSA) is 238 Å². The highest BCUT2D eigenvalue weighted by Gasteiger charge is 2.09. The molecule has 16 heteroatoms. The molecule has 0 atom stereocenters. The maximum absolute atomic E-state index is 8.94. The first-order valence-corrected chi connectivity index (χ1v) is 18.7. The molecule has 6 N–H and O–H groups in total. The monoisotopic (exact) mass is 820 g/mol. The van der Waals surface area contributed by atoms with Gasteiger partial charge < -0.3 is 41.0 Å². The third-order valence-electron chi connectivity index (χ3n) is 8.64. The fourth-order valence-electron chi connectivity index (χ4n) is 5.69. The Bertz CT molecular complexity index is 2670. The minimum absolute atomic E-state index is 0.168. The Morgan fingerprint density at radius 2 is 0.952 bits per heavy atom. The largest absolute Gasteiger partial charge is 0.497 e. The van der Waals surface area contributed by atoms with Crippen LogP contribution in [0.2, 0.25) is 0 Å². The van der Waals surface area contributed by atoms with Gasteiger partial charge in [-0.25, -0.2) is 24.9 Å². The lowest BCUT2D eigenvalue weighted by Gasteiger charge is -2.10. The first-order valence-electron chi connectivity index (χ1n) is 18.7. The Morgan fingerprint density at radius 1 is 0.484 bits per heavy atom. The van der Waals surface area contributed by atoms with Gasteiger partial charge in [0.2, 0.25) is 5.95 Å². The molecule has 0 saturated carbocycles. The Labute approximate surface area is 356 Å². The van der Waals surface area contributed by atoms with Gasteiger partial charge in [-0.1, -0.05) is 0 Å². The summed E-state index contributed by atoms with van der Waals surface area (Å²) in [6.07, 6.45) is 3.06. The molecule has 0 saturated heterocycles. The lowest BCUT2D eigenvalue weighted by Crippen LogP contribution is -2.01. The fourth-order valence-corrected chi connectivity index (χ4v) is 5.69. The molecule has 16 nitrogen and oxygen atoms in total. The van der Waals surface area contributed by atoms with Crippen LogP contribution >= 0.6 is 0 Å². The molecule has 0 spiro atoms. The first-order chi connectivity index (χ1) is 30.2. The molecule has 8 aromatic rings. The van der Waals surface area contributed by atoms with Crippen molar-refractivity contribution in [1.29, 1.82) is 10.5 Å². The van der Waals surface area contributed by atoms with Crippen molar-refractivity contribution in [2.45, 2.75) is 0 Å². The number of hydrogen-bond acceptors (Lipinski definition) is 16. The molecule has 0 aliphatic rings. The number of aromatic nitrogens is 6. The van der Waals surface area contributed by atoms with Gasteiger partial charge in [0, 0.05) is 59.2 Å². The van der Waals surface area contributed by atoms with E-state index in [4.69, 9.17) is 40.9 Å². The Kier molecular flexibility index (Phi) is 12.8. The van der Waals surface area contributed by atoms with Crippen LogP contribution in [0.5, 0.6) is 34.5 Å². The van der Waals surface area contributed by atoms with E-state index in [9.17, 15) is 0 Å². The van der Waals surface area contributed by atoms with Crippen LogP contribution < -0.4 is 41.0 Å². The highest BCUT2D eigenvalue weighted by Crippen LogP contribution is 2.29. The number of nitrogens with zero attached hydrogens (tertiary/aromatic N) is 8. The Morgan fingerprint density at radius 3 is 1.44 bits per heavy atom. The maximum Gasteiger partial charge on any atom is 0.222 e. The van der Waals surface area contributed by atoms with Crippen molar-refractivity contribution < 1.29 is 18.9 Å². The van der Waals surface area contributed by atoms with Crippen molar-refractivity contribution in [2.75, 3.05) is 36.3 Å². The van der Waals surface area contributed by atoms with Gasteiger partial charge in [-0.05, 0) is 109 Å². The van der Waals surface area contributed by atoms with Gasteiger partial charge in [0.25, 0.3) is 0 Å². The normalized spacial score (nSPS) is 10.2. The van der Waals surface area contributed by atoms with E-state index < -0.39 is 0 Å². The van der Waals surface area contributed by atoms with E-state index in [0.717, 1.165) is 34.0 Å². The van der Waals surface area contributed by atoms with Crippen molar-refractivity contribution in [3.8, 4) is 69.3 Å². The van der Waals surface area contributed by atoms with Crippen molar-refractivity contribution in [2.24, 2.45) is 0 Å². The first kappa shape index (κ1) is 40.9. The number of methoxy groups -OCH3 is 2. The molecule has 4 aromatic heterocycles. The molecule has 0 radical (unpaired) electrons. The van der Waals surface area contributed by atoms with Crippen molar-refractivity contribution >= 4 is 34.8 Å². The van der Waals surface area contributed by atoms with Crippen molar-refractivity contribution in [3.05, 3.63) is 157 Å². The second-order valence-corrected chi connectivity index (χ2v) is 12.9. The van der Waals surface area contributed by atoms with Crippen LogP contribution in [0.15, 0.2) is 146 Å². The number of hydrogen-bond donors (Lipinski definition) is 4. The van der Waals surface area contributed by atoms with E-state index in [1.54, 1.807) is 44.6 Å². The van der Waals surface area contributed by atoms with Crippen LogP contribution in [0, 0.1) is 22.7 Å². The predicted octanol–water partition coefficient (Wildman–Crippen LogP) is 9.07. The fraction of sp³-hybridized carbons (Fsp3) is 0.0435. The van der Waals surface area contributed by atoms with E-state index in [2.05, 4.69) is 40.5 Å². The number of nitrogen functional groups attached to an aromatic ring is 2. The lowest BCUT2D eigenvalue weighted by atomic mass is 10.1. The second-order valence-electron chi connectivity index (χ2n) is 12.9. The third-order valence-corrected chi connectivity index (χ3v) is 8.64. The van der Waals surface area contributed by atoms with Gasteiger partial charge in [0.1, 0.15) is 75.5 Å². The van der Waals surface area contributed by atoms with Gasteiger partial charge in [-0.15, -0.1) is 0 Å². The maximum atomic E-state index is 8.94. The number of pyridine rings is 2. The van der Waals surface area contributed by atoms with E-state index >= 15 is 0 Å². The van der Waals surface area contributed by atoms with Crippen LogP contribution in [0.1, 0.15) is 11.4 Å². The van der Waals surface area contributed by atoms with Crippen molar-refractivity contribution in [3.63, 3.8) is 0 Å². The van der Waals surface area contributed by atoms with Crippen molar-refractivity contribution in [1.82, 2.24) is 29.9 Å². The van der Waals surface area contributed by atoms with E-state index in [-0.39, 0.29) is 5.95 Å². The van der Waals surface area contributed by atoms with Gasteiger partial charge in [-0.2, -0.15) is 15.5 Å². The minimum atomic E-state index is 0.168. The van der Waals surface area contributed by atoms with E-state index in [0.29, 0.717) is 63.4 Å². The predicted molar refractivity (Wildman–Crippen MR) is 234 cm³/mol. The zero-order chi connectivity index (χ0) is 43.3. The van der Waals surface area contributed by atoms with Gasteiger partial charge >= 0.3 is 0 Å². The average molecular weight is 821 g/mol. The molecule has 0 aliphatic heterocycles. The molecule has 0 aliphatic carbocycles. The summed E-state index contributed by atoms with van der Waals surface area (Å²) < 4.78 is 21.9. The molecule has 4 aromatic carbocycles. The molecular weight excluding hydrogens is 785 g/mol. The van der Waals surface area contributed by atoms with Crippen LogP contribution in [0.3, 0.4) is 0 Å². The highest BCUT2D eigenvalue weighted by molar-refractivity contribution is 5.68. The summed E-state index contributed by atoms with van der Waals surface area (Å²) in [5, 5.41) is 24.3. The Balaban J connectivity index is 0.000000186. The minimum Gasteiger partial charge on any atom is -0.497 e. The molecule has 0 fully saturated rings. The number of nitriles is 2. The highest BCUT2D eigenvalue weighted by atomic mass is 16.5. The molecule has 4 heterocycles. The third kappa shape index (κ3) is 11.0. The number of anilines is 6. The molecule has 0 bridgehead atoms. The van der Waals surface area contributed by atoms with E-state index in [1.807, 2.05) is 115 Å². The summed E-state index contributed by atoms with van der Waals surface area (Å²) in [6.45, 7) is 0. The zero-order valence-electron chi connectivity index (χ0n) is 33.2. The molecular formula is C46H36N12O4. The standard InChI is InChI=1S/2C23H18N6O2/c1-30-18-6-2-15(3-7-18)23-28-21(25)13-22(29-23)27-16-4-8-19(9-5-16)31-20-10-11-26-17(12-20)14-24;1-30-18-6-2-15(3-7-18)21-13-22(29-23(25)28-21)27-16-4-8-19(9-5-16)31-20-10-11-26-17(12-20)14-24/h2*2-13H,1H3,(H3,25,27,28,29). The number of nitrogens with two attached hydrogens (primary N) is 2. The number of benzene rings is 4. The number of rotatable bonds is 12. The van der Waals surface area contributed by atoms with Crippen LogP contribution in [0.25, 0.3) is 22.6 Å². The summed E-state index contributed by atoms with van der Waals surface area (Å²) in [7, 11) is 3.24. The molecule has 0 unspecified atom stereocenters. The SMILES string of the molecule is COc1ccc(-c2cc(Nc3ccc(Oc4ccnc(C#N)c4)cc3)nc(N)n2)cc1.COc1ccc(-c2nc(N)cc(Nc3ccc(Oc4ccnc(C#N)c4)cc3)n2)cc1. The van der Waals surface area contributed by atoms with Crippen LogP contribution in [0.4, 0.5) is 34.8 Å². The molecule has 0 amide bonds. The summed E-state index contributed by atoms with van der Waals surface area (Å²) >= 11 is 0. The van der Waals surface area contributed by atoms with E-state index in [1.165, 1.54) is 12.4 Å². The van der Waals surface area contributed by atoms with Crippen LogP contribution in [-0.4, -0.2) is 44.1 Å². The van der Waals surface area contributed by atoms with Gasteiger partial charge in [0.05, 0.1) is 19.9 Å². The van der Waals surface area contributed by atoms with Gasteiger partial charge in [-0.3, -0.25) is 0 Å². The smallest absolute Gasteiger partial charge is 0.222 e. The summed E-state index contributed by atoms with van der Waals surface area (Å²) in [5.74, 6) is 6.03. The molecule has 304 valence electrons. The summed E-state index contributed by atoms with van der Waals surface area (Å²) in [5.41, 5.74) is 16.5. The molecule has 62 heavy (non-hydrogen) atoms. The van der Waals surface area contributed by atoms with Gasteiger partial charge in [0.15, 0.2) is 5.82 Å². The lowest BCUT2D eigenvalue weighted by molar-refractivity contribution is 0.415. The molecule has 8 rings (SSSR count). The average Bonchev–Trinajstić information content (AvgIpc) is 3.30. The second kappa shape index (κ2) is 19.4. The Hall–Kier alpha value is -9.28. The number of ether oxygens (including phenoxy) is 4. The zero-order valence-corrected chi connectivity index (χ0v) is 33.2. The summed E-state index contributed by atoms with van der Waals surface area (Å²) in [4.78, 5) is 25.3.